The Hall–Kier alpha value is -2.37. The number of benzene rings is 2. The van der Waals surface area contributed by atoms with Crippen molar-refractivity contribution in [3.05, 3.63) is 71.8 Å². The molecule has 2 aromatic rings. The number of nitrogens with one attached hydrogen (secondary N) is 1. The fraction of sp³-hybridized carbons (Fsp3) is 0.500. The van der Waals surface area contributed by atoms with Crippen LogP contribution in [-0.2, 0) is 17.8 Å². The molecule has 0 radical (unpaired) electrons. The molecular formula is C26H37N3O2. The monoisotopic (exact) mass is 423 g/mol. The summed E-state index contributed by atoms with van der Waals surface area (Å²) in [6.45, 7) is 11.4. The number of alkyl carbamates (subject to hydrolysis) is 1. The fourth-order valence-electron chi connectivity index (χ4n) is 4.31. The molecule has 0 aromatic heterocycles. The lowest BCUT2D eigenvalue weighted by atomic mass is 10.1. The van der Waals surface area contributed by atoms with Crippen molar-refractivity contribution in [2.24, 2.45) is 5.92 Å². The number of ether oxygens (including phenoxy) is 1. The van der Waals surface area contributed by atoms with Gasteiger partial charge in [-0.15, -0.1) is 0 Å². The average Bonchev–Trinajstić information content (AvgIpc) is 2.74. The van der Waals surface area contributed by atoms with Crippen LogP contribution in [0, 0.1) is 5.92 Å². The maximum absolute atomic E-state index is 12.3. The van der Waals surface area contributed by atoms with Crippen molar-refractivity contribution in [3.8, 4) is 0 Å². The predicted octanol–water partition coefficient (Wildman–Crippen LogP) is 4.53. The minimum absolute atomic E-state index is 0.119. The number of carbonyl (C=O) groups is 1. The molecule has 1 saturated heterocycles. The first-order valence-corrected chi connectivity index (χ1v) is 11.5. The number of carbonyl (C=O) groups excluding carboxylic acids is 1. The van der Waals surface area contributed by atoms with Crippen molar-refractivity contribution in [2.45, 2.75) is 52.4 Å². The summed E-state index contributed by atoms with van der Waals surface area (Å²) in [5.74, 6) is 0.543. The lowest BCUT2D eigenvalue weighted by Gasteiger charge is -2.41. The summed E-state index contributed by atoms with van der Waals surface area (Å²) in [6.07, 6.45) is 0.636. The van der Waals surface area contributed by atoms with Crippen LogP contribution in [0.4, 0.5) is 4.79 Å². The Labute approximate surface area is 187 Å². The van der Waals surface area contributed by atoms with Crippen LogP contribution in [0.3, 0.4) is 0 Å². The highest BCUT2D eigenvalue weighted by Crippen LogP contribution is 2.17. The molecule has 1 heterocycles. The molecule has 0 spiro atoms. The van der Waals surface area contributed by atoms with Crippen molar-refractivity contribution in [1.82, 2.24) is 15.1 Å². The molecule has 0 aliphatic carbocycles. The van der Waals surface area contributed by atoms with Crippen LogP contribution in [0.2, 0.25) is 0 Å². The average molecular weight is 424 g/mol. The lowest BCUT2D eigenvalue weighted by Crippen LogP contribution is -2.54. The first-order valence-electron chi connectivity index (χ1n) is 11.5. The second-order valence-electron chi connectivity index (χ2n) is 9.10. The van der Waals surface area contributed by atoms with Crippen molar-refractivity contribution < 1.29 is 9.53 Å². The summed E-state index contributed by atoms with van der Waals surface area (Å²) >= 11 is 0. The molecule has 168 valence electrons. The molecule has 0 saturated carbocycles. The van der Waals surface area contributed by atoms with Crippen LogP contribution in [-0.4, -0.2) is 54.2 Å². The largest absolute Gasteiger partial charge is 0.448 e. The van der Waals surface area contributed by atoms with Gasteiger partial charge in [-0.1, -0.05) is 74.5 Å². The number of rotatable bonds is 9. The molecule has 31 heavy (non-hydrogen) atoms. The van der Waals surface area contributed by atoms with Crippen molar-refractivity contribution in [1.29, 1.82) is 0 Å². The van der Waals surface area contributed by atoms with Crippen molar-refractivity contribution >= 4 is 6.09 Å². The van der Waals surface area contributed by atoms with Gasteiger partial charge in [0.25, 0.3) is 0 Å². The first-order chi connectivity index (χ1) is 15.0. The zero-order valence-corrected chi connectivity index (χ0v) is 19.2. The number of hydrogen-bond donors (Lipinski definition) is 1. The zero-order valence-electron chi connectivity index (χ0n) is 19.2. The van der Waals surface area contributed by atoms with E-state index >= 15 is 0 Å². The van der Waals surface area contributed by atoms with Gasteiger partial charge in [-0.3, -0.25) is 9.80 Å². The molecule has 0 bridgehead atoms. The molecule has 1 fully saturated rings. The molecule has 2 unspecified atom stereocenters. The third-order valence-corrected chi connectivity index (χ3v) is 5.76. The molecule has 1 N–H and O–H groups in total. The van der Waals surface area contributed by atoms with Gasteiger partial charge in [-0.25, -0.2) is 4.79 Å². The first kappa shape index (κ1) is 23.3. The van der Waals surface area contributed by atoms with E-state index in [1.807, 2.05) is 13.0 Å². The van der Waals surface area contributed by atoms with Crippen molar-refractivity contribution in [2.75, 3.05) is 26.2 Å². The topological polar surface area (TPSA) is 44.8 Å². The van der Waals surface area contributed by atoms with E-state index in [4.69, 9.17) is 4.74 Å². The maximum atomic E-state index is 12.3. The van der Waals surface area contributed by atoms with Crippen molar-refractivity contribution in [3.63, 3.8) is 0 Å². The molecule has 2 aromatic carbocycles. The number of amides is 1. The summed E-state index contributed by atoms with van der Waals surface area (Å²) in [4.78, 5) is 17.3. The SMILES string of the molecule is CC(C)CC(C)NC(=O)OCC1CN(Cc2ccccc2)CCN1Cc1ccccc1. The van der Waals surface area contributed by atoms with Gasteiger partial charge in [-0.2, -0.15) is 0 Å². The highest BCUT2D eigenvalue weighted by atomic mass is 16.5. The van der Waals surface area contributed by atoms with Crippen LogP contribution < -0.4 is 5.32 Å². The van der Waals surface area contributed by atoms with Gasteiger partial charge in [0, 0.05) is 38.8 Å². The Kier molecular flexibility index (Phi) is 8.92. The van der Waals surface area contributed by atoms with E-state index in [0.29, 0.717) is 12.5 Å². The molecular weight excluding hydrogens is 386 g/mol. The van der Waals surface area contributed by atoms with E-state index in [1.165, 1.54) is 11.1 Å². The standard InChI is InChI=1S/C26H37N3O2/c1-21(2)16-22(3)27-26(30)31-20-25-19-28(17-23-10-6-4-7-11-23)14-15-29(25)18-24-12-8-5-9-13-24/h4-13,21-22,25H,14-20H2,1-3H3,(H,27,30). The van der Waals surface area contributed by atoms with E-state index in [1.54, 1.807) is 0 Å². The van der Waals surface area contributed by atoms with Gasteiger partial charge in [0.2, 0.25) is 0 Å². The Bertz CT molecular complexity index is 782. The molecule has 1 aliphatic rings. The second kappa shape index (κ2) is 11.9. The highest BCUT2D eigenvalue weighted by molar-refractivity contribution is 5.67. The molecule has 3 rings (SSSR count). The predicted molar refractivity (Wildman–Crippen MR) is 126 cm³/mol. The quantitative estimate of drug-likeness (QED) is 0.643. The summed E-state index contributed by atoms with van der Waals surface area (Å²) in [6, 6.07) is 21.4. The van der Waals surface area contributed by atoms with E-state index in [9.17, 15) is 4.79 Å². The second-order valence-corrected chi connectivity index (χ2v) is 9.10. The zero-order chi connectivity index (χ0) is 22.1. The highest BCUT2D eigenvalue weighted by Gasteiger charge is 2.28. The van der Waals surface area contributed by atoms with Crippen LogP contribution in [0.5, 0.6) is 0 Å². The minimum Gasteiger partial charge on any atom is -0.448 e. The number of piperazine rings is 1. The minimum atomic E-state index is -0.312. The lowest BCUT2D eigenvalue weighted by molar-refractivity contribution is 0.0227. The van der Waals surface area contributed by atoms with Gasteiger partial charge >= 0.3 is 6.09 Å². The molecule has 2 atom stereocenters. The van der Waals surface area contributed by atoms with Crippen LogP contribution in [0.15, 0.2) is 60.7 Å². The third kappa shape index (κ3) is 8.00. The normalized spacial score (nSPS) is 18.6. The summed E-state index contributed by atoms with van der Waals surface area (Å²) < 4.78 is 5.68. The van der Waals surface area contributed by atoms with E-state index < -0.39 is 0 Å². The molecule has 1 amide bonds. The summed E-state index contributed by atoms with van der Waals surface area (Å²) in [5.41, 5.74) is 2.61. The van der Waals surface area contributed by atoms with E-state index in [0.717, 1.165) is 39.1 Å². The van der Waals surface area contributed by atoms with Gasteiger partial charge < -0.3 is 10.1 Å². The van der Waals surface area contributed by atoms with Gasteiger partial charge in [0.1, 0.15) is 6.61 Å². The molecule has 1 aliphatic heterocycles. The van der Waals surface area contributed by atoms with Crippen LogP contribution >= 0.6 is 0 Å². The number of nitrogens with zero attached hydrogens (tertiary/aromatic N) is 2. The Morgan fingerprint density at radius 2 is 1.58 bits per heavy atom. The van der Waals surface area contributed by atoms with Crippen LogP contribution in [0.1, 0.15) is 38.3 Å². The summed E-state index contributed by atoms with van der Waals surface area (Å²) in [7, 11) is 0. The van der Waals surface area contributed by atoms with Gasteiger partial charge in [-0.05, 0) is 30.4 Å². The fourth-order valence-corrected chi connectivity index (χ4v) is 4.31. The Balaban J connectivity index is 1.59. The number of hydrogen-bond acceptors (Lipinski definition) is 4. The maximum Gasteiger partial charge on any atom is 0.407 e. The van der Waals surface area contributed by atoms with E-state index in [2.05, 4.69) is 83.6 Å². The molecule has 5 nitrogen and oxygen atoms in total. The smallest absolute Gasteiger partial charge is 0.407 e. The third-order valence-electron chi connectivity index (χ3n) is 5.76. The van der Waals surface area contributed by atoms with E-state index in [-0.39, 0.29) is 18.2 Å². The van der Waals surface area contributed by atoms with Crippen LogP contribution in [0.25, 0.3) is 0 Å². The Morgan fingerprint density at radius 3 is 2.19 bits per heavy atom. The van der Waals surface area contributed by atoms with Gasteiger partial charge in [0.15, 0.2) is 0 Å². The Morgan fingerprint density at radius 1 is 0.968 bits per heavy atom. The molecule has 5 heteroatoms. The van der Waals surface area contributed by atoms with Gasteiger partial charge in [0.05, 0.1) is 6.04 Å². The summed E-state index contributed by atoms with van der Waals surface area (Å²) in [5, 5.41) is 2.97.